The number of ether oxygens (including phenoxy) is 1. The van der Waals surface area contributed by atoms with E-state index >= 15 is 0 Å². The molecule has 186 valence electrons. The second kappa shape index (κ2) is 12.6. The molecular formula is C26H38N4O4. The summed E-state index contributed by atoms with van der Waals surface area (Å²) in [5.74, 6) is 0.375. The van der Waals surface area contributed by atoms with Gasteiger partial charge in [0.2, 0.25) is 12.3 Å². The molecule has 1 aromatic rings. The first-order valence-corrected chi connectivity index (χ1v) is 12.5. The summed E-state index contributed by atoms with van der Waals surface area (Å²) < 4.78 is 6.05. The van der Waals surface area contributed by atoms with Gasteiger partial charge >= 0.3 is 0 Å². The maximum Gasteiger partial charge on any atom is 0.260 e. The van der Waals surface area contributed by atoms with E-state index in [2.05, 4.69) is 35.0 Å². The van der Waals surface area contributed by atoms with Crippen LogP contribution in [0.4, 0.5) is 0 Å². The monoisotopic (exact) mass is 470 g/mol. The second-order valence-electron chi connectivity index (χ2n) is 8.85. The van der Waals surface area contributed by atoms with Crippen molar-refractivity contribution in [3.8, 4) is 5.75 Å². The van der Waals surface area contributed by atoms with Crippen molar-refractivity contribution in [2.75, 3.05) is 39.3 Å². The molecule has 34 heavy (non-hydrogen) atoms. The van der Waals surface area contributed by atoms with Gasteiger partial charge in [0.25, 0.3) is 5.91 Å². The van der Waals surface area contributed by atoms with Gasteiger partial charge in [-0.25, -0.2) is 0 Å². The fourth-order valence-electron chi connectivity index (χ4n) is 4.84. The van der Waals surface area contributed by atoms with E-state index < -0.39 is 6.04 Å². The number of carbonyl (C=O) groups excluding carboxylic acids is 3. The molecule has 1 unspecified atom stereocenters. The third-order valence-corrected chi connectivity index (χ3v) is 6.50. The van der Waals surface area contributed by atoms with Crippen molar-refractivity contribution in [1.82, 2.24) is 20.0 Å². The Kier molecular flexibility index (Phi) is 9.51. The lowest BCUT2D eigenvalue weighted by Crippen LogP contribution is -2.50. The first-order chi connectivity index (χ1) is 16.5. The number of fused-ring (bicyclic) bond motifs is 1. The number of allylic oxidation sites excluding steroid dienone is 1. The smallest absolute Gasteiger partial charge is 0.260 e. The average Bonchev–Trinajstić information content (AvgIpc) is 3.20. The molecule has 0 aliphatic carbocycles. The highest BCUT2D eigenvalue weighted by molar-refractivity contribution is 5.91. The molecule has 2 heterocycles. The fourth-order valence-corrected chi connectivity index (χ4v) is 4.84. The highest BCUT2D eigenvalue weighted by Gasteiger charge is 2.34. The highest BCUT2D eigenvalue weighted by Crippen LogP contribution is 2.40. The number of imide groups is 1. The van der Waals surface area contributed by atoms with E-state index in [4.69, 9.17) is 4.74 Å². The molecule has 3 rings (SSSR count). The van der Waals surface area contributed by atoms with Crippen LogP contribution in [0.25, 0.3) is 5.70 Å². The highest BCUT2D eigenvalue weighted by atomic mass is 16.5. The summed E-state index contributed by atoms with van der Waals surface area (Å²) in [4.78, 5) is 42.7. The van der Waals surface area contributed by atoms with Crippen LogP contribution >= 0.6 is 0 Å². The molecule has 3 amide bonds. The van der Waals surface area contributed by atoms with Gasteiger partial charge in [0, 0.05) is 49.5 Å². The Labute approximate surface area is 202 Å². The Bertz CT molecular complexity index is 893. The van der Waals surface area contributed by atoms with Gasteiger partial charge in [-0.3, -0.25) is 24.6 Å². The lowest BCUT2D eigenvalue weighted by Gasteiger charge is -2.34. The zero-order valence-corrected chi connectivity index (χ0v) is 20.7. The molecule has 1 N–H and O–H groups in total. The van der Waals surface area contributed by atoms with Crippen molar-refractivity contribution in [1.29, 1.82) is 0 Å². The van der Waals surface area contributed by atoms with Crippen LogP contribution in [0.15, 0.2) is 24.3 Å². The third-order valence-electron chi connectivity index (χ3n) is 6.50. The Morgan fingerprint density at radius 2 is 1.88 bits per heavy atom. The molecule has 8 nitrogen and oxygen atoms in total. The van der Waals surface area contributed by atoms with Gasteiger partial charge < -0.3 is 14.5 Å². The van der Waals surface area contributed by atoms with Gasteiger partial charge in [0.1, 0.15) is 11.8 Å². The van der Waals surface area contributed by atoms with Crippen molar-refractivity contribution in [3.05, 3.63) is 35.4 Å². The minimum absolute atomic E-state index is 0.00106. The summed E-state index contributed by atoms with van der Waals surface area (Å²) in [5, 5.41) is 2.33. The number of nitrogens with zero attached hydrogens (tertiary/aromatic N) is 3. The molecule has 2 aliphatic rings. The molecule has 0 spiro atoms. The first-order valence-electron chi connectivity index (χ1n) is 12.5. The molecule has 0 radical (unpaired) electrons. The molecule has 0 aromatic heterocycles. The van der Waals surface area contributed by atoms with E-state index in [1.54, 1.807) is 0 Å². The minimum Gasteiger partial charge on any atom is -0.483 e. The van der Waals surface area contributed by atoms with Crippen molar-refractivity contribution < 1.29 is 19.1 Å². The molecule has 8 heteroatoms. The quantitative estimate of drug-likeness (QED) is 0.501. The number of hydrogen-bond acceptors (Lipinski definition) is 6. The summed E-state index contributed by atoms with van der Waals surface area (Å²) in [6, 6.07) is 5.39. The zero-order valence-electron chi connectivity index (χ0n) is 20.7. The lowest BCUT2D eigenvalue weighted by molar-refractivity contribution is -0.135. The van der Waals surface area contributed by atoms with Gasteiger partial charge in [0.05, 0.1) is 0 Å². The minimum atomic E-state index is -0.450. The van der Waals surface area contributed by atoms with Crippen LogP contribution in [0, 0.1) is 0 Å². The van der Waals surface area contributed by atoms with E-state index in [1.165, 1.54) is 0 Å². The molecular weight excluding hydrogens is 432 g/mol. The van der Waals surface area contributed by atoms with E-state index in [1.807, 2.05) is 30.0 Å². The fraction of sp³-hybridized carbons (Fsp3) is 0.577. The van der Waals surface area contributed by atoms with Crippen molar-refractivity contribution in [2.24, 2.45) is 0 Å². The molecule has 0 saturated carbocycles. The number of hydrogen-bond donors (Lipinski definition) is 1. The van der Waals surface area contributed by atoms with Crippen LogP contribution in [-0.4, -0.2) is 78.3 Å². The zero-order chi connectivity index (χ0) is 24.5. The molecule has 1 fully saturated rings. The van der Waals surface area contributed by atoms with Crippen molar-refractivity contribution in [3.63, 3.8) is 0 Å². The first kappa shape index (κ1) is 25.7. The summed E-state index contributed by atoms with van der Waals surface area (Å²) in [5.41, 5.74) is 2.96. The molecule has 0 bridgehead atoms. The Balaban J connectivity index is 1.73. The molecule has 1 saturated heterocycles. The van der Waals surface area contributed by atoms with Gasteiger partial charge in [0.15, 0.2) is 6.61 Å². The summed E-state index contributed by atoms with van der Waals surface area (Å²) in [6.07, 6.45) is 5.93. The Morgan fingerprint density at radius 3 is 2.53 bits per heavy atom. The SMILES string of the molecule is CC/C=C1\c2cccc(OCC(=O)N3CCN(CCC)CC3)c2CN1C(CCC)C(=O)NC=O. The largest absolute Gasteiger partial charge is 0.483 e. The topological polar surface area (TPSA) is 82.2 Å². The lowest BCUT2D eigenvalue weighted by atomic mass is 10.1. The molecule has 1 atom stereocenters. The summed E-state index contributed by atoms with van der Waals surface area (Å²) in [7, 11) is 0. The number of amides is 3. The van der Waals surface area contributed by atoms with Gasteiger partial charge in [-0.1, -0.05) is 45.4 Å². The maximum absolute atomic E-state index is 12.8. The van der Waals surface area contributed by atoms with Crippen LogP contribution in [0.1, 0.15) is 57.6 Å². The van der Waals surface area contributed by atoms with Crippen molar-refractivity contribution >= 4 is 23.9 Å². The predicted octanol–water partition coefficient (Wildman–Crippen LogP) is 2.63. The predicted molar refractivity (Wildman–Crippen MR) is 132 cm³/mol. The van der Waals surface area contributed by atoms with E-state index in [-0.39, 0.29) is 18.4 Å². The van der Waals surface area contributed by atoms with Crippen LogP contribution in [0.2, 0.25) is 0 Å². The second-order valence-corrected chi connectivity index (χ2v) is 8.85. The number of rotatable bonds is 11. The number of carbonyl (C=O) groups is 3. The van der Waals surface area contributed by atoms with Gasteiger partial charge in [-0.15, -0.1) is 0 Å². The Morgan fingerprint density at radius 1 is 1.12 bits per heavy atom. The van der Waals surface area contributed by atoms with E-state index in [9.17, 15) is 14.4 Å². The number of nitrogens with one attached hydrogen (secondary N) is 1. The number of piperazine rings is 1. The molecule has 1 aromatic carbocycles. The van der Waals surface area contributed by atoms with Crippen LogP contribution in [0.3, 0.4) is 0 Å². The van der Waals surface area contributed by atoms with Crippen LogP contribution < -0.4 is 10.1 Å². The summed E-state index contributed by atoms with van der Waals surface area (Å²) >= 11 is 0. The maximum atomic E-state index is 12.8. The number of benzene rings is 1. The average molecular weight is 471 g/mol. The normalized spacial score (nSPS) is 18.0. The van der Waals surface area contributed by atoms with E-state index in [0.717, 1.165) is 68.8 Å². The standard InChI is InChI=1S/C26H38N4O4/c1-4-8-22-20-10-7-11-24(21(20)17-30(22)23(9-5-2)26(33)27-19-31)34-18-25(32)29-15-13-28(12-6-3)14-16-29/h7-8,10-11,19,23H,4-6,9,12-18H2,1-3H3,(H,27,31,33)/b22-8+. The van der Waals surface area contributed by atoms with Crippen molar-refractivity contribution in [2.45, 2.75) is 59.0 Å². The summed E-state index contributed by atoms with van der Waals surface area (Å²) in [6.45, 7) is 11.1. The Hall–Kier alpha value is -2.87. The van der Waals surface area contributed by atoms with Gasteiger partial charge in [-0.05, 0) is 31.9 Å². The molecule has 2 aliphatic heterocycles. The van der Waals surface area contributed by atoms with Crippen LogP contribution in [-0.2, 0) is 20.9 Å². The van der Waals surface area contributed by atoms with Crippen LogP contribution in [0.5, 0.6) is 5.75 Å². The third kappa shape index (κ3) is 5.97. The van der Waals surface area contributed by atoms with Gasteiger partial charge in [-0.2, -0.15) is 0 Å². The van der Waals surface area contributed by atoms with E-state index in [0.29, 0.717) is 25.1 Å².